The van der Waals surface area contributed by atoms with Crippen molar-refractivity contribution in [1.29, 1.82) is 0 Å². The van der Waals surface area contributed by atoms with Gasteiger partial charge in [-0.05, 0) is 24.8 Å². The average Bonchev–Trinajstić information content (AvgIpc) is 2.88. The Hall–Kier alpha value is -1.36. The first-order chi connectivity index (χ1) is 9.04. The summed E-state index contributed by atoms with van der Waals surface area (Å²) < 4.78 is 11.4. The molecule has 1 amide bonds. The third-order valence-corrected chi connectivity index (χ3v) is 5.00. The molecule has 1 heterocycles. The molecule has 5 unspecified atom stereocenters. The molecule has 0 aromatic carbocycles. The molecule has 1 N–H and O–H groups in total. The van der Waals surface area contributed by atoms with E-state index >= 15 is 0 Å². The van der Waals surface area contributed by atoms with Gasteiger partial charge in [-0.15, -0.1) is 0 Å². The fourth-order valence-electron chi connectivity index (χ4n) is 4.03. The zero-order valence-corrected chi connectivity index (χ0v) is 11.1. The maximum Gasteiger partial charge on any atom is 0.325 e. The highest BCUT2D eigenvalue weighted by atomic mass is 16.6. The number of carbonyl (C=O) groups is 2. The summed E-state index contributed by atoms with van der Waals surface area (Å²) >= 11 is 0. The van der Waals surface area contributed by atoms with Crippen molar-refractivity contribution in [3.8, 4) is 0 Å². The van der Waals surface area contributed by atoms with Crippen LogP contribution in [0.2, 0.25) is 0 Å². The van der Waals surface area contributed by atoms with Crippen LogP contribution < -0.4 is 5.32 Å². The van der Waals surface area contributed by atoms with Crippen LogP contribution in [0.25, 0.3) is 0 Å². The summed E-state index contributed by atoms with van der Waals surface area (Å²) in [6, 6.07) is 0. The lowest BCUT2D eigenvalue weighted by Crippen LogP contribution is -2.40. The smallest absolute Gasteiger partial charge is 0.325 e. The summed E-state index contributed by atoms with van der Waals surface area (Å²) in [5, 5.41) is 2.44. The van der Waals surface area contributed by atoms with Crippen LogP contribution in [0.1, 0.15) is 19.8 Å². The van der Waals surface area contributed by atoms with Crippen molar-refractivity contribution in [3.05, 3.63) is 12.7 Å². The fourth-order valence-corrected chi connectivity index (χ4v) is 4.03. The molecule has 2 bridgehead atoms. The molecule has 2 aliphatic carbocycles. The fraction of sp³-hybridized carbons (Fsp3) is 0.714. The quantitative estimate of drug-likeness (QED) is 0.598. The molecule has 3 rings (SSSR count). The van der Waals surface area contributed by atoms with Gasteiger partial charge in [-0.1, -0.05) is 13.5 Å². The first kappa shape index (κ1) is 12.7. The minimum absolute atomic E-state index is 0.0446. The molecule has 0 aromatic heterocycles. The maximum atomic E-state index is 11.8. The van der Waals surface area contributed by atoms with Gasteiger partial charge >= 0.3 is 5.97 Å². The van der Waals surface area contributed by atoms with Crippen LogP contribution in [-0.4, -0.2) is 37.2 Å². The molecule has 3 aliphatic rings. The lowest BCUT2D eigenvalue weighted by Gasteiger charge is -2.32. The highest BCUT2D eigenvalue weighted by Gasteiger charge is 2.65. The van der Waals surface area contributed by atoms with Crippen molar-refractivity contribution >= 4 is 11.9 Å². The highest BCUT2D eigenvalue weighted by Crippen LogP contribution is 2.62. The van der Waals surface area contributed by atoms with E-state index in [0.717, 1.165) is 18.9 Å². The van der Waals surface area contributed by atoms with E-state index in [4.69, 9.17) is 9.47 Å². The molecule has 0 radical (unpaired) electrons. The molecule has 1 aliphatic heterocycles. The number of hydrogen-bond acceptors (Lipinski definition) is 4. The standard InChI is InChI=1S/C14H19NO4/c1-3-11(16)15-6-12(17)19-13-8-4-10-14(2,5-8)9(13)7-18-10/h3,8-10,13H,1,4-7H2,2H3,(H,15,16). The van der Waals surface area contributed by atoms with Crippen LogP contribution in [0.3, 0.4) is 0 Å². The van der Waals surface area contributed by atoms with E-state index in [0.29, 0.717) is 24.5 Å². The average molecular weight is 265 g/mol. The predicted octanol–water partition coefficient (Wildman–Crippen LogP) is 0.645. The van der Waals surface area contributed by atoms with Gasteiger partial charge in [0.2, 0.25) is 5.91 Å². The second-order valence-corrected chi connectivity index (χ2v) is 6.01. The van der Waals surface area contributed by atoms with Crippen molar-refractivity contribution in [1.82, 2.24) is 5.32 Å². The summed E-state index contributed by atoms with van der Waals surface area (Å²) in [5.74, 6) is -0.00206. The minimum atomic E-state index is -0.375. The van der Waals surface area contributed by atoms with Crippen LogP contribution in [0.15, 0.2) is 12.7 Å². The number of carbonyl (C=O) groups excluding carboxylic acids is 2. The molecule has 104 valence electrons. The molecule has 5 nitrogen and oxygen atoms in total. The van der Waals surface area contributed by atoms with Crippen molar-refractivity contribution in [3.63, 3.8) is 0 Å². The van der Waals surface area contributed by atoms with Gasteiger partial charge in [-0.3, -0.25) is 9.59 Å². The van der Waals surface area contributed by atoms with Crippen molar-refractivity contribution in [2.75, 3.05) is 13.2 Å². The Labute approximate surface area is 112 Å². The van der Waals surface area contributed by atoms with Crippen LogP contribution in [-0.2, 0) is 19.1 Å². The number of fused-ring (bicyclic) bond motifs is 1. The zero-order valence-electron chi connectivity index (χ0n) is 11.1. The SMILES string of the molecule is C=CC(=O)NCC(=O)OC1C2CC3OCC1C3(C)C2. The molecule has 0 spiro atoms. The van der Waals surface area contributed by atoms with Crippen LogP contribution in [0, 0.1) is 17.3 Å². The predicted molar refractivity (Wildman–Crippen MR) is 67.1 cm³/mol. The van der Waals surface area contributed by atoms with E-state index in [-0.39, 0.29) is 29.9 Å². The third kappa shape index (κ3) is 1.87. The number of hydrogen-bond donors (Lipinski definition) is 1. The van der Waals surface area contributed by atoms with Crippen molar-refractivity contribution in [2.24, 2.45) is 17.3 Å². The Morgan fingerprint density at radius 2 is 2.37 bits per heavy atom. The summed E-state index contributed by atoms with van der Waals surface area (Å²) in [6.45, 7) is 6.16. The van der Waals surface area contributed by atoms with E-state index < -0.39 is 0 Å². The Bertz CT molecular complexity index is 435. The van der Waals surface area contributed by atoms with Crippen molar-refractivity contribution in [2.45, 2.75) is 32.0 Å². The van der Waals surface area contributed by atoms with Gasteiger partial charge in [0.05, 0.1) is 12.7 Å². The molecule has 3 fully saturated rings. The second kappa shape index (κ2) is 4.34. The Morgan fingerprint density at radius 3 is 3.11 bits per heavy atom. The maximum absolute atomic E-state index is 11.8. The normalized spacial score (nSPS) is 42.2. The van der Waals surface area contributed by atoms with Crippen LogP contribution in [0.4, 0.5) is 0 Å². The molecule has 5 atom stereocenters. The summed E-state index contributed by atoms with van der Waals surface area (Å²) in [5.41, 5.74) is 0.181. The minimum Gasteiger partial charge on any atom is -0.460 e. The summed E-state index contributed by atoms with van der Waals surface area (Å²) in [7, 11) is 0. The number of ether oxygens (including phenoxy) is 2. The third-order valence-electron chi connectivity index (χ3n) is 5.00. The Balaban J connectivity index is 1.58. The van der Waals surface area contributed by atoms with E-state index in [1.807, 2.05) is 0 Å². The molecule has 19 heavy (non-hydrogen) atoms. The van der Waals surface area contributed by atoms with Gasteiger partial charge in [0, 0.05) is 11.3 Å². The largest absolute Gasteiger partial charge is 0.460 e. The van der Waals surface area contributed by atoms with Gasteiger partial charge in [0.1, 0.15) is 12.6 Å². The van der Waals surface area contributed by atoms with E-state index in [2.05, 4.69) is 18.8 Å². The Morgan fingerprint density at radius 1 is 1.58 bits per heavy atom. The highest BCUT2D eigenvalue weighted by molar-refractivity contribution is 5.89. The summed E-state index contributed by atoms with van der Waals surface area (Å²) in [4.78, 5) is 22.8. The van der Waals surface area contributed by atoms with Gasteiger partial charge in [-0.25, -0.2) is 0 Å². The van der Waals surface area contributed by atoms with Gasteiger partial charge in [0.15, 0.2) is 0 Å². The van der Waals surface area contributed by atoms with Gasteiger partial charge < -0.3 is 14.8 Å². The van der Waals surface area contributed by atoms with E-state index in [9.17, 15) is 9.59 Å². The van der Waals surface area contributed by atoms with Gasteiger partial charge in [-0.2, -0.15) is 0 Å². The van der Waals surface area contributed by atoms with Crippen molar-refractivity contribution < 1.29 is 19.1 Å². The molecule has 2 saturated carbocycles. The zero-order chi connectivity index (χ0) is 13.6. The monoisotopic (exact) mass is 265 g/mol. The number of amides is 1. The molecular weight excluding hydrogens is 246 g/mol. The Kier molecular flexibility index (Phi) is 2.89. The lowest BCUT2D eigenvalue weighted by atomic mass is 9.76. The molecule has 1 saturated heterocycles. The molecular formula is C14H19NO4. The number of esters is 1. The first-order valence-corrected chi connectivity index (χ1v) is 6.76. The van der Waals surface area contributed by atoms with E-state index in [1.165, 1.54) is 0 Å². The number of rotatable bonds is 4. The molecule has 5 heteroatoms. The summed E-state index contributed by atoms with van der Waals surface area (Å²) in [6.07, 6.45) is 3.51. The second-order valence-electron chi connectivity index (χ2n) is 6.01. The first-order valence-electron chi connectivity index (χ1n) is 6.76. The van der Waals surface area contributed by atoms with Gasteiger partial charge in [0.25, 0.3) is 0 Å². The number of nitrogens with one attached hydrogen (secondary N) is 1. The lowest BCUT2D eigenvalue weighted by molar-refractivity contribution is -0.154. The molecule has 0 aromatic rings. The van der Waals surface area contributed by atoms with Crippen LogP contribution >= 0.6 is 0 Å². The topological polar surface area (TPSA) is 64.6 Å². The van der Waals surface area contributed by atoms with E-state index in [1.54, 1.807) is 0 Å². The van der Waals surface area contributed by atoms with Crippen LogP contribution in [0.5, 0.6) is 0 Å².